The van der Waals surface area contributed by atoms with Gasteiger partial charge in [-0.15, -0.1) is 0 Å². The van der Waals surface area contributed by atoms with E-state index in [0.717, 1.165) is 6.07 Å². The third-order valence-electron chi connectivity index (χ3n) is 4.59. The molecular weight excluding hydrogens is 456 g/mol. The minimum atomic E-state index is -1.02. The number of hydrogen-bond acceptors (Lipinski definition) is 5. The zero-order valence-corrected chi connectivity index (χ0v) is 18.3. The molecule has 3 aromatic rings. The second-order valence-corrected chi connectivity index (χ2v) is 7.61. The van der Waals surface area contributed by atoms with Gasteiger partial charge < -0.3 is 5.32 Å². The highest BCUT2D eigenvalue weighted by Gasteiger charge is 2.25. The van der Waals surface area contributed by atoms with E-state index in [1.165, 1.54) is 41.3 Å². The maximum Gasteiger partial charge on any atom is 0.254 e. The van der Waals surface area contributed by atoms with Crippen molar-refractivity contribution in [1.82, 2.24) is 20.1 Å². The molecule has 0 saturated heterocycles. The molecule has 0 spiro atoms. The second-order valence-electron chi connectivity index (χ2n) is 6.79. The van der Waals surface area contributed by atoms with Gasteiger partial charge in [0, 0.05) is 6.54 Å². The monoisotopic (exact) mass is 471 g/mol. The summed E-state index contributed by atoms with van der Waals surface area (Å²) >= 11 is 12.6. The fourth-order valence-electron chi connectivity index (χ4n) is 3.01. The number of Topliss-reactive ketones (excluding diaryl/α,β-unsaturated/α-hetero) is 1. The highest BCUT2D eigenvalue weighted by molar-refractivity contribution is 6.40. The quantitative estimate of drug-likeness (QED) is 0.411. The van der Waals surface area contributed by atoms with Crippen molar-refractivity contribution in [1.29, 1.82) is 5.26 Å². The molecule has 162 valence electrons. The van der Waals surface area contributed by atoms with Crippen molar-refractivity contribution >= 4 is 34.9 Å². The van der Waals surface area contributed by atoms with Crippen LogP contribution in [-0.4, -0.2) is 33.0 Å². The second kappa shape index (κ2) is 9.73. The van der Waals surface area contributed by atoms with E-state index in [9.17, 15) is 14.0 Å². The van der Waals surface area contributed by atoms with Crippen molar-refractivity contribution in [3.63, 3.8) is 0 Å². The van der Waals surface area contributed by atoms with Gasteiger partial charge in [0.2, 0.25) is 0 Å². The highest BCUT2D eigenvalue weighted by atomic mass is 35.5. The molecule has 1 aromatic heterocycles. The van der Waals surface area contributed by atoms with Crippen LogP contribution < -0.4 is 5.32 Å². The number of allylic oxidation sites excluding steroid dienone is 1. The molecule has 10 heteroatoms. The van der Waals surface area contributed by atoms with E-state index in [4.69, 9.17) is 28.5 Å². The summed E-state index contributed by atoms with van der Waals surface area (Å²) in [5.41, 5.74) is 0.492. The van der Waals surface area contributed by atoms with Crippen LogP contribution in [0.25, 0.3) is 5.69 Å². The molecule has 0 bridgehead atoms. The van der Waals surface area contributed by atoms with E-state index in [2.05, 4.69) is 22.0 Å². The van der Waals surface area contributed by atoms with Crippen LogP contribution in [0.5, 0.6) is 0 Å². The van der Waals surface area contributed by atoms with Crippen molar-refractivity contribution in [3.8, 4) is 11.8 Å². The predicted molar refractivity (Wildman–Crippen MR) is 117 cm³/mol. The zero-order valence-electron chi connectivity index (χ0n) is 16.8. The van der Waals surface area contributed by atoms with Crippen LogP contribution >= 0.6 is 23.2 Å². The first kappa shape index (κ1) is 23.1. The Balaban J connectivity index is 1.85. The number of ketones is 1. The SMILES string of the molecule is C=C(C#N)C(=O)C(CNC(=O)c1c(Cl)cc(-n2cnc(C)n2)cc1Cl)c1cccc(F)c1. The average Bonchev–Trinajstić information content (AvgIpc) is 3.19. The van der Waals surface area contributed by atoms with Crippen LogP contribution in [0.2, 0.25) is 10.0 Å². The lowest BCUT2D eigenvalue weighted by molar-refractivity contribution is -0.116. The van der Waals surface area contributed by atoms with Crippen LogP contribution in [0.4, 0.5) is 4.39 Å². The van der Waals surface area contributed by atoms with Crippen LogP contribution in [-0.2, 0) is 4.79 Å². The molecular formula is C22H16Cl2FN5O2. The van der Waals surface area contributed by atoms with Crippen LogP contribution in [0.3, 0.4) is 0 Å². The predicted octanol–water partition coefficient (Wildman–Crippen LogP) is 4.18. The maximum atomic E-state index is 13.7. The Kier molecular flexibility index (Phi) is 7.03. The number of hydrogen-bond donors (Lipinski definition) is 1. The molecule has 7 nitrogen and oxygen atoms in total. The Labute approximate surface area is 193 Å². The van der Waals surface area contributed by atoms with Gasteiger partial charge in [0.05, 0.1) is 32.8 Å². The number of halogens is 3. The number of aromatic nitrogens is 3. The lowest BCUT2D eigenvalue weighted by Gasteiger charge is -2.17. The fourth-order valence-corrected chi connectivity index (χ4v) is 3.66. The number of rotatable bonds is 7. The third kappa shape index (κ3) is 5.02. The van der Waals surface area contributed by atoms with Gasteiger partial charge in [-0.25, -0.2) is 14.1 Å². The highest BCUT2D eigenvalue weighted by Crippen LogP contribution is 2.28. The summed E-state index contributed by atoms with van der Waals surface area (Å²) in [6.45, 7) is 4.92. The minimum absolute atomic E-state index is 0.00142. The van der Waals surface area contributed by atoms with Crippen molar-refractivity contribution < 1.29 is 14.0 Å². The van der Waals surface area contributed by atoms with Gasteiger partial charge in [0.15, 0.2) is 5.78 Å². The van der Waals surface area contributed by atoms with E-state index in [-0.39, 0.29) is 27.7 Å². The molecule has 2 aromatic carbocycles. The van der Waals surface area contributed by atoms with Gasteiger partial charge in [0.1, 0.15) is 24.0 Å². The van der Waals surface area contributed by atoms with E-state index >= 15 is 0 Å². The topological polar surface area (TPSA) is 101 Å². The van der Waals surface area contributed by atoms with Gasteiger partial charge in [-0.2, -0.15) is 10.4 Å². The van der Waals surface area contributed by atoms with E-state index in [0.29, 0.717) is 17.1 Å². The molecule has 0 radical (unpaired) electrons. The molecule has 1 N–H and O–H groups in total. The Hall–Kier alpha value is -3.54. The molecule has 1 amide bonds. The van der Waals surface area contributed by atoms with Crippen molar-refractivity contribution in [2.45, 2.75) is 12.8 Å². The number of carbonyl (C=O) groups is 2. The van der Waals surface area contributed by atoms with Crippen LogP contribution in [0.1, 0.15) is 27.7 Å². The largest absolute Gasteiger partial charge is 0.351 e. The summed E-state index contributed by atoms with van der Waals surface area (Å²) in [6, 6.07) is 10.0. The number of nitriles is 1. The summed E-state index contributed by atoms with van der Waals surface area (Å²) in [6.07, 6.45) is 1.48. The summed E-state index contributed by atoms with van der Waals surface area (Å²) < 4.78 is 15.1. The van der Waals surface area contributed by atoms with Crippen molar-refractivity contribution in [3.05, 3.63) is 87.7 Å². The molecule has 0 aliphatic carbocycles. The number of aryl methyl sites for hydroxylation is 1. The third-order valence-corrected chi connectivity index (χ3v) is 5.19. The van der Waals surface area contributed by atoms with E-state index in [1.54, 1.807) is 13.0 Å². The number of nitrogens with one attached hydrogen (secondary N) is 1. The Morgan fingerprint density at radius 3 is 2.53 bits per heavy atom. The molecule has 1 unspecified atom stereocenters. The molecule has 0 saturated carbocycles. The van der Waals surface area contributed by atoms with Gasteiger partial charge in [0.25, 0.3) is 5.91 Å². The molecule has 32 heavy (non-hydrogen) atoms. The Morgan fingerprint density at radius 2 is 1.97 bits per heavy atom. The minimum Gasteiger partial charge on any atom is -0.351 e. The van der Waals surface area contributed by atoms with Gasteiger partial charge in [-0.1, -0.05) is 41.9 Å². The average molecular weight is 472 g/mol. The molecule has 3 rings (SSSR count). The number of benzene rings is 2. The normalized spacial score (nSPS) is 11.5. The lowest BCUT2D eigenvalue weighted by Crippen LogP contribution is -2.32. The molecule has 0 aliphatic heterocycles. The molecule has 0 fully saturated rings. The Bertz CT molecular complexity index is 1240. The molecule has 1 atom stereocenters. The van der Waals surface area contributed by atoms with Gasteiger partial charge in [-0.05, 0) is 36.8 Å². The van der Waals surface area contributed by atoms with E-state index in [1.807, 2.05) is 0 Å². The Morgan fingerprint density at radius 1 is 1.28 bits per heavy atom. The summed E-state index contributed by atoms with van der Waals surface area (Å²) in [5, 5.41) is 15.9. The first-order valence-corrected chi connectivity index (χ1v) is 10.0. The van der Waals surface area contributed by atoms with Gasteiger partial charge in [-0.3, -0.25) is 9.59 Å². The summed E-state index contributed by atoms with van der Waals surface area (Å²) in [4.78, 5) is 29.5. The summed E-state index contributed by atoms with van der Waals surface area (Å²) in [7, 11) is 0. The zero-order chi connectivity index (χ0) is 23.4. The number of carbonyl (C=O) groups excluding carboxylic acids is 2. The number of nitrogens with zero attached hydrogens (tertiary/aromatic N) is 4. The first-order chi connectivity index (χ1) is 15.2. The first-order valence-electron chi connectivity index (χ1n) is 9.25. The molecule has 1 heterocycles. The van der Waals surface area contributed by atoms with Crippen molar-refractivity contribution in [2.24, 2.45) is 0 Å². The van der Waals surface area contributed by atoms with Crippen molar-refractivity contribution in [2.75, 3.05) is 6.54 Å². The smallest absolute Gasteiger partial charge is 0.254 e. The maximum absolute atomic E-state index is 13.7. The summed E-state index contributed by atoms with van der Waals surface area (Å²) in [5.74, 6) is -2.30. The fraction of sp³-hybridized carbons (Fsp3) is 0.136. The number of amides is 1. The lowest BCUT2D eigenvalue weighted by atomic mass is 9.91. The van der Waals surface area contributed by atoms with Crippen LogP contribution in [0.15, 0.2) is 54.9 Å². The van der Waals surface area contributed by atoms with E-state index < -0.39 is 23.4 Å². The molecule has 0 aliphatic rings. The van der Waals surface area contributed by atoms with Crippen LogP contribution in [0, 0.1) is 24.1 Å². The van der Waals surface area contributed by atoms with Gasteiger partial charge >= 0.3 is 0 Å². The standard InChI is InChI=1S/C22H16Cl2FN5O2/c1-12(9-26)21(31)17(14-4-3-5-15(25)6-14)10-27-22(32)20-18(23)7-16(8-19(20)24)30-11-28-13(2)29-30/h3-8,11,17H,1,10H2,2H3,(H,27,32).